The summed E-state index contributed by atoms with van der Waals surface area (Å²) in [5, 5.41) is 24.0. The summed E-state index contributed by atoms with van der Waals surface area (Å²) in [5.41, 5.74) is 3.87. The molecule has 0 fully saturated rings. The zero-order valence-corrected chi connectivity index (χ0v) is 15.9. The number of rotatable bonds is 5. The molecule has 0 saturated carbocycles. The Morgan fingerprint density at radius 2 is 1.63 bits per heavy atom. The maximum Gasteiger partial charge on any atom is 0.138 e. The number of nitrogens with one attached hydrogen (secondary N) is 1. The maximum absolute atomic E-state index is 10.3. The molecule has 0 amide bonds. The van der Waals surface area contributed by atoms with Crippen LogP contribution in [-0.2, 0) is 5.41 Å². The fourth-order valence-electron chi connectivity index (χ4n) is 3.39. The van der Waals surface area contributed by atoms with Crippen molar-refractivity contribution < 1.29 is 5.11 Å². The van der Waals surface area contributed by atoms with Crippen molar-refractivity contribution in [3.8, 4) is 11.8 Å². The predicted octanol–water partition coefficient (Wildman–Crippen LogP) is 5.64. The highest BCUT2D eigenvalue weighted by molar-refractivity contribution is 5.60. The molecule has 3 aromatic carbocycles. The van der Waals surface area contributed by atoms with Gasteiger partial charge < -0.3 is 10.4 Å². The van der Waals surface area contributed by atoms with Gasteiger partial charge in [-0.25, -0.2) is 0 Å². The molecule has 0 aromatic heterocycles. The van der Waals surface area contributed by atoms with Gasteiger partial charge in [-0.15, -0.1) is 0 Å². The van der Waals surface area contributed by atoms with Crippen LogP contribution in [0.1, 0.15) is 35.2 Å². The monoisotopic (exact) mass is 356 g/mol. The van der Waals surface area contributed by atoms with E-state index >= 15 is 0 Å². The van der Waals surface area contributed by atoms with E-state index in [4.69, 9.17) is 0 Å². The molecule has 0 radical (unpaired) electrons. The predicted molar refractivity (Wildman–Crippen MR) is 110 cm³/mol. The molecule has 0 heterocycles. The van der Waals surface area contributed by atoms with Crippen molar-refractivity contribution in [2.45, 2.75) is 32.2 Å². The van der Waals surface area contributed by atoms with E-state index in [9.17, 15) is 10.4 Å². The van der Waals surface area contributed by atoms with Gasteiger partial charge in [0.15, 0.2) is 0 Å². The van der Waals surface area contributed by atoms with Crippen LogP contribution in [0.15, 0.2) is 72.8 Å². The second-order valence-corrected chi connectivity index (χ2v) is 7.19. The first kappa shape index (κ1) is 18.5. The number of nitriles is 1. The first-order valence-corrected chi connectivity index (χ1v) is 9.03. The van der Waals surface area contributed by atoms with Crippen molar-refractivity contribution in [1.29, 1.82) is 5.26 Å². The molecule has 0 aliphatic carbocycles. The van der Waals surface area contributed by atoms with Crippen molar-refractivity contribution in [3.63, 3.8) is 0 Å². The third-order valence-corrected chi connectivity index (χ3v) is 5.01. The Bertz CT molecular complexity index is 975. The summed E-state index contributed by atoms with van der Waals surface area (Å²) in [4.78, 5) is 0. The van der Waals surface area contributed by atoms with E-state index in [2.05, 4.69) is 17.5 Å². The molecular weight excluding hydrogens is 332 g/mol. The Hall–Kier alpha value is -3.25. The summed E-state index contributed by atoms with van der Waals surface area (Å²) in [5.74, 6) is 0.172. The summed E-state index contributed by atoms with van der Waals surface area (Å²) < 4.78 is 0. The van der Waals surface area contributed by atoms with Crippen molar-refractivity contribution in [2.24, 2.45) is 0 Å². The van der Waals surface area contributed by atoms with Gasteiger partial charge >= 0.3 is 0 Å². The van der Waals surface area contributed by atoms with Crippen LogP contribution >= 0.6 is 0 Å². The second kappa shape index (κ2) is 7.55. The van der Waals surface area contributed by atoms with Gasteiger partial charge in [0.05, 0.1) is 17.8 Å². The largest absolute Gasteiger partial charge is 0.506 e. The van der Waals surface area contributed by atoms with Crippen LogP contribution in [0.25, 0.3) is 0 Å². The summed E-state index contributed by atoms with van der Waals surface area (Å²) in [7, 11) is 0. The molecule has 3 rings (SSSR count). The lowest BCUT2D eigenvalue weighted by Gasteiger charge is -2.34. The van der Waals surface area contributed by atoms with E-state index in [0.29, 0.717) is 5.69 Å². The average Bonchev–Trinajstić information content (AvgIpc) is 2.68. The smallest absolute Gasteiger partial charge is 0.138 e. The Morgan fingerprint density at radius 1 is 0.926 bits per heavy atom. The van der Waals surface area contributed by atoms with Crippen molar-refractivity contribution >= 4 is 5.69 Å². The third kappa shape index (κ3) is 3.80. The summed E-state index contributed by atoms with van der Waals surface area (Å²) in [6.07, 6.45) is 0. The molecule has 136 valence electrons. The molecule has 0 aliphatic heterocycles. The zero-order valence-electron chi connectivity index (χ0n) is 15.9. The number of anilines is 1. The Morgan fingerprint density at radius 3 is 2.30 bits per heavy atom. The number of aromatic hydroxyl groups is 1. The quantitative estimate of drug-likeness (QED) is 0.581. The molecule has 0 aliphatic rings. The Labute approximate surface area is 160 Å². The molecule has 27 heavy (non-hydrogen) atoms. The van der Waals surface area contributed by atoms with E-state index in [1.807, 2.05) is 81.4 Å². The molecule has 3 nitrogen and oxygen atoms in total. The van der Waals surface area contributed by atoms with Crippen LogP contribution in [0.3, 0.4) is 0 Å². The molecule has 3 heteroatoms. The molecule has 0 spiro atoms. The van der Waals surface area contributed by atoms with Gasteiger partial charge in [-0.05, 0) is 49.6 Å². The number of hydrogen-bond acceptors (Lipinski definition) is 3. The van der Waals surface area contributed by atoms with E-state index in [1.54, 1.807) is 6.07 Å². The number of nitrogens with zero attached hydrogens (tertiary/aromatic N) is 1. The third-order valence-electron chi connectivity index (χ3n) is 5.01. The first-order valence-electron chi connectivity index (χ1n) is 9.03. The second-order valence-electron chi connectivity index (χ2n) is 7.19. The molecular formula is C24H24N2O. The van der Waals surface area contributed by atoms with Gasteiger partial charge in [0.2, 0.25) is 0 Å². The summed E-state index contributed by atoms with van der Waals surface area (Å²) in [6, 6.07) is 25.6. The van der Waals surface area contributed by atoms with Gasteiger partial charge in [0.25, 0.3) is 0 Å². The van der Waals surface area contributed by atoms with E-state index < -0.39 is 5.41 Å². The number of phenolic OH excluding ortho intramolecular Hbond substituents is 1. The zero-order chi connectivity index (χ0) is 19.4. The van der Waals surface area contributed by atoms with Crippen LogP contribution in [0.2, 0.25) is 0 Å². The van der Waals surface area contributed by atoms with Gasteiger partial charge in [0.1, 0.15) is 11.2 Å². The summed E-state index contributed by atoms with van der Waals surface area (Å²) >= 11 is 0. The van der Waals surface area contributed by atoms with E-state index in [0.717, 1.165) is 22.3 Å². The molecule has 0 bridgehead atoms. The highest BCUT2D eigenvalue weighted by Crippen LogP contribution is 2.41. The molecule has 2 atom stereocenters. The minimum absolute atomic E-state index is 0.172. The molecule has 0 unspecified atom stereocenters. The topological polar surface area (TPSA) is 56.0 Å². The highest BCUT2D eigenvalue weighted by Gasteiger charge is 2.38. The van der Waals surface area contributed by atoms with Gasteiger partial charge in [0, 0.05) is 0 Å². The first-order chi connectivity index (χ1) is 12.9. The molecule has 0 saturated heterocycles. The fraction of sp³-hybridized carbons (Fsp3) is 0.208. The minimum Gasteiger partial charge on any atom is -0.506 e. The normalized spacial score (nSPS) is 14.0. The fourth-order valence-corrected chi connectivity index (χ4v) is 3.39. The lowest BCUT2D eigenvalue weighted by molar-refractivity contribution is 0.470. The van der Waals surface area contributed by atoms with Gasteiger partial charge in [-0.2, -0.15) is 5.26 Å². The van der Waals surface area contributed by atoms with E-state index in [1.165, 1.54) is 0 Å². The number of phenols is 1. The Kier molecular flexibility index (Phi) is 5.19. The van der Waals surface area contributed by atoms with Crippen LogP contribution < -0.4 is 5.32 Å². The van der Waals surface area contributed by atoms with Crippen LogP contribution in [0, 0.1) is 25.2 Å². The maximum atomic E-state index is 10.3. The standard InChI is InChI=1S/C24H24N2O/c1-17-8-7-11-20(14-17)24(3,16-25)23(19-9-5-4-6-10-19)26-21-15-18(2)12-13-22(21)27/h4-15,23,26-27H,1-3H3/t23-,24+/m1/s1. The van der Waals surface area contributed by atoms with Crippen LogP contribution in [0.5, 0.6) is 5.75 Å². The lowest BCUT2D eigenvalue weighted by Crippen LogP contribution is -2.34. The Balaban J connectivity index is 2.14. The average molecular weight is 356 g/mol. The number of aryl methyl sites for hydroxylation is 2. The number of benzene rings is 3. The van der Waals surface area contributed by atoms with Crippen LogP contribution in [-0.4, -0.2) is 5.11 Å². The van der Waals surface area contributed by atoms with Crippen LogP contribution in [0.4, 0.5) is 5.69 Å². The summed E-state index contributed by atoms with van der Waals surface area (Å²) in [6.45, 7) is 5.95. The van der Waals surface area contributed by atoms with Gasteiger partial charge in [-0.1, -0.05) is 66.2 Å². The lowest BCUT2D eigenvalue weighted by atomic mass is 9.74. The molecule has 2 N–H and O–H groups in total. The van der Waals surface area contributed by atoms with Crippen molar-refractivity contribution in [3.05, 3.63) is 95.1 Å². The SMILES string of the molecule is Cc1cccc([C@](C)(C#N)[C@H](Nc2cc(C)ccc2O)c2ccccc2)c1. The minimum atomic E-state index is -0.830. The highest BCUT2D eigenvalue weighted by atomic mass is 16.3. The van der Waals surface area contributed by atoms with Crippen molar-refractivity contribution in [1.82, 2.24) is 0 Å². The molecule has 3 aromatic rings. The van der Waals surface area contributed by atoms with Crippen molar-refractivity contribution in [2.75, 3.05) is 5.32 Å². The van der Waals surface area contributed by atoms with E-state index in [-0.39, 0.29) is 11.8 Å². The number of hydrogen-bond donors (Lipinski definition) is 2. The van der Waals surface area contributed by atoms with Gasteiger partial charge in [-0.3, -0.25) is 0 Å².